The molecule has 0 spiro atoms. The van der Waals surface area contributed by atoms with Crippen molar-refractivity contribution in [2.45, 2.75) is 31.7 Å². The first kappa shape index (κ1) is 15.1. The van der Waals surface area contributed by atoms with E-state index >= 15 is 0 Å². The second-order valence-corrected chi connectivity index (χ2v) is 5.80. The molecule has 1 N–H and O–H groups in total. The summed E-state index contributed by atoms with van der Waals surface area (Å²) >= 11 is 11.8. The fraction of sp³-hybridized carbons (Fsp3) is 0.429. The highest BCUT2D eigenvalue weighted by Crippen LogP contribution is 2.32. The van der Waals surface area contributed by atoms with E-state index in [1.54, 1.807) is 25.1 Å². The number of carbonyl (C=O) groups excluding carboxylic acids is 1. The molecule has 0 heterocycles. The second-order valence-electron chi connectivity index (χ2n) is 4.99. The number of aliphatic carboxylic acids is 1. The summed E-state index contributed by atoms with van der Waals surface area (Å²) in [7, 11) is 0. The first-order chi connectivity index (χ1) is 9.40. The van der Waals surface area contributed by atoms with E-state index in [-0.39, 0.29) is 18.5 Å². The van der Waals surface area contributed by atoms with Gasteiger partial charge in [0.15, 0.2) is 0 Å². The molecule has 4 nitrogen and oxygen atoms in total. The second kappa shape index (κ2) is 6.02. The molecule has 108 valence electrons. The number of carboxylic acids is 1. The van der Waals surface area contributed by atoms with Crippen molar-refractivity contribution in [2.24, 2.45) is 0 Å². The molecule has 0 bridgehead atoms. The number of amides is 1. The van der Waals surface area contributed by atoms with Crippen molar-refractivity contribution in [1.82, 2.24) is 4.90 Å². The summed E-state index contributed by atoms with van der Waals surface area (Å²) in [5, 5.41) is 9.73. The van der Waals surface area contributed by atoms with E-state index in [4.69, 9.17) is 28.3 Å². The van der Waals surface area contributed by atoms with Crippen molar-refractivity contribution in [3.8, 4) is 0 Å². The molecular formula is C14H15Cl2NO3. The standard InChI is InChI=1S/C14H15Cl2NO3/c1-8(9-2-5-11(15)12(16)6-9)14(20)17(7-13(18)19)10-3-4-10/h2,5-6,8,10H,3-4,7H2,1H3,(H,18,19). The number of carboxylic acid groups (broad SMARTS) is 1. The van der Waals surface area contributed by atoms with Gasteiger partial charge in [0.1, 0.15) is 6.54 Å². The Hall–Kier alpha value is -1.26. The van der Waals surface area contributed by atoms with Crippen LogP contribution in [0, 0.1) is 0 Å². The van der Waals surface area contributed by atoms with Gasteiger partial charge in [0.05, 0.1) is 16.0 Å². The molecule has 1 aromatic carbocycles. The molecule has 1 atom stereocenters. The molecule has 2 rings (SSSR count). The van der Waals surface area contributed by atoms with E-state index in [2.05, 4.69) is 0 Å². The number of halogens is 2. The van der Waals surface area contributed by atoms with Gasteiger partial charge in [0.2, 0.25) is 5.91 Å². The molecule has 1 saturated carbocycles. The topological polar surface area (TPSA) is 57.6 Å². The molecule has 0 aliphatic heterocycles. The normalized spacial score (nSPS) is 15.8. The van der Waals surface area contributed by atoms with Gasteiger partial charge in [-0.25, -0.2) is 0 Å². The summed E-state index contributed by atoms with van der Waals surface area (Å²) in [5.41, 5.74) is 0.737. The van der Waals surface area contributed by atoms with Crippen LogP contribution in [-0.2, 0) is 9.59 Å². The summed E-state index contributed by atoms with van der Waals surface area (Å²) in [6.45, 7) is 1.49. The van der Waals surface area contributed by atoms with Crippen molar-refractivity contribution in [1.29, 1.82) is 0 Å². The summed E-state index contributed by atoms with van der Waals surface area (Å²) in [6.07, 6.45) is 1.74. The third-order valence-electron chi connectivity index (χ3n) is 3.39. The van der Waals surface area contributed by atoms with E-state index in [1.165, 1.54) is 4.90 Å². The minimum absolute atomic E-state index is 0.0591. The predicted octanol–water partition coefficient (Wildman–Crippen LogP) is 3.17. The minimum Gasteiger partial charge on any atom is -0.480 e. The highest BCUT2D eigenvalue weighted by Gasteiger charge is 2.36. The molecule has 0 aromatic heterocycles. The smallest absolute Gasteiger partial charge is 0.323 e. The van der Waals surface area contributed by atoms with Gasteiger partial charge in [-0.15, -0.1) is 0 Å². The molecule has 1 aliphatic rings. The van der Waals surface area contributed by atoms with Crippen LogP contribution in [0.5, 0.6) is 0 Å². The fourth-order valence-electron chi connectivity index (χ4n) is 2.09. The number of hydrogen-bond acceptors (Lipinski definition) is 2. The van der Waals surface area contributed by atoms with Gasteiger partial charge in [-0.1, -0.05) is 29.3 Å². The number of carbonyl (C=O) groups is 2. The maximum atomic E-state index is 12.4. The van der Waals surface area contributed by atoms with Crippen LogP contribution < -0.4 is 0 Å². The Bertz CT molecular complexity index is 543. The van der Waals surface area contributed by atoms with Crippen LogP contribution in [-0.4, -0.2) is 34.5 Å². The van der Waals surface area contributed by atoms with Crippen molar-refractivity contribution < 1.29 is 14.7 Å². The van der Waals surface area contributed by atoms with Gasteiger partial charge in [0.25, 0.3) is 0 Å². The van der Waals surface area contributed by atoms with Crippen LogP contribution in [0.1, 0.15) is 31.2 Å². The van der Waals surface area contributed by atoms with Gasteiger partial charge in [0, 0.05) is 6.04 Å². The maximum Gasteiger partial charge on any atom is 0.323 e. The predicted molar refractivity (Wildman–Crippen MR) is 77.2 cm³/mol. The molecule has 1 aromatic rings. The molecule has 1 unspecified atom stereocenters. The zero-order valence-electron chi connectivity index (χ0n) is 11.0. The van der Waals surface area contributed by atoms with Crippen LogP contribution in [0.2, 0.25) is 10.0 Å². The molecule has 20 heavy (non-hydrogen) atoms. The van der Waals surface area contributed by atoms with Crippen LogP contribution in [0.25, 0.3) is 0 Å². The average molecular weight is 316 g/mol. The molecule has 0 saturated heterocycles. The zero-order chi connectivity index (χ0) is 14.9. The fourth-order valence-corrected chi connectivity index (χ4v) is 2.40. The summed E-state index contributed by atoms with van der Waals surface area (Å²) in [5.74, 6) is -1.62. The van der Waals surface area contributed by atoms with E-state index < -0.39 is 11.9 Å². The van der Waals surface area contributed by atoms with Crippen molar-refractivity contribution in [3.63, 3.8) is 0 Å². The van der Waals surface area contributed by atoms with E-state index in [1.807, 2.05) is 0 Å². The van der Waals surface area contributed by atoms with Crippen LogP contribution >= 0.6 is 23.2 Å². The third-order valence-corrected chi connectivity index (χ3v) is 4.13. The molecule has 1 aliphatic carbocycles. The SMILES string of the molecule is CC(C(=O)N(CC(=O)O)C1CC1)c1ccc(Cl)c(Cl)c1. The Balaban J connectivity index is 2.17. The van der Waals surface area contributed by atoms with E-state index in [0.29, 0.717) is 10.0 Å². The van der Waals surface area contributed by atoms with Crippen molar-refractivity contribution in [2.75, 3.05) is 6.54 Å². The maximum absolute atomic E-state index is 12.4. The lowest BCUT2D eigenvalue weighted by atomic mass is 9.99. The Kier molecular flexibility index (Phi) is 4.55. The largest absolute Gasteiger partial charge is 0.480 e. The number of nitrogens with zero attached hydrogens (tertiary/aromatic N) is 1. The van der Waals surface area contributed by atoms with Crippen LogP contribution in [0.4, 0.5) is 0 Å². The van der Waals surface area contributed by atoms with Gasteiger partial charge in [-0.05, 0) is 37.5 Å². The van der Waals surface area contributed by atoms with E-state index in [0.717, 1.165) is 18.4 Å². The lowest BCUT2D eigenvalue weighted by Gasteiger charge is -2.24. The minimum atomic E-state index is -0.994. The average Bonchev–Trinajstić information content (AvgIpc) is 3.21. The molecular weight excluding hydrogens is 301 g/mol. The lowest BCUT2D eigenvalue weighted by molar-refractivity contribution is -0.145. The number of rotatable bonds is 5. The molecule has 1 fully saturated rings. The third kappa shape index (κ3) is 3.44. The summed E-state index contributed by atoms with van der Waals surface area (Å²) in [4.78, 5) is 24.8. The first-order valence-corrected chi connectivity index (χ1v) is 7.13. The van der Waals surface area contributed by atoms with Gasteiger partial charge in [-0.2, -0.15) is 0 Å². The zero-order valence-corrected chi connectivity index (χ0v) is 12.5. The van der Waals surface area contributed by atoms with Crippen molar-refractivity contribution >= 4 is 35.1 Å². The van der Waals surface area contributed by atoms with Crippen molar-refractivity contribution in [3.05, 3.63) is 33.8 Å². The summed E-state index contributed by atoms with van der Waals surface area (Å²) in [6, 6.07) is 5.09. The Morgan fingerprint density at radius 2 is 2.00 bits per heavy atom. The Morgan fingerprint density at radius 3 is 2.50 bits per heavy atom. The Morgan fingerprint density at radius 1 is 1.35 bits per heavy atom. The summed E-state index contributed by atoms with van der Waals surface area (Å²) < 4.78 is 0. The van der Waals surface area contributed by atoms with Gasteiger partial charge in [-0.3, -0.25) is 9.59 Å². The number of benzene rings is 1. The monoisotopic (exact) mass is 315 g/mol. The van der Waals surface area contributed by atoms with E-state index in [9.17, 15) is 9.59 Å². The Labute approximate surface area is 127 Å². The van der Waals surface area contributed by atoms with Crippen LogP contribution in [0.15, 0.2) is 18.2 Å². The number of hydrogen-bond donors (Lipinski definition) is 1. The first-order valence-electron chi connectivity index (χ1n) is 6.37. The molecule has 1 amide bonds. The lowest BCUT2D eigenvalue weighted by Crippen LogP contribution is -2.39. The van der Waals surface area contributed by atoms with Gasteiger partial charge >= 0.3 is 5.97 Å². The molecule has 6 heteroatoms. The quantitative estimate of drug-likeness (QED) is 0.908. The highest BCUT2D eigenvalue weighted by atomic mass is 35.5. The van der Waals surface area contributed by atoms with Gasteiger partial charge < -0.3 is 10.0 Å². The highest BCUT2D eigenvalue weighted by molar-refractivity contribution is 6.42. The molecule has 0 radical (unpaired) electrons. The van der Waals surface area contributed by atoms with Crippen LogP contribution in [0.3, 0.4) is 0 Å².